The first-order valence-corrected chi connectivity index (χ1v) is 5.35. The minimum atomic E-state index is -0.842. The highest BCUT2D eigenvalue weighted by Gasteiger charge is 2.23. The number of nitrogens with one attached hydrogen (secondary N) is 1. The first-order valence-electron chi connectivity index (χ1n) is 5.35. The van der Waals surface area contributed by atoms with Crippen LogP contribution in [0.5, 0.6) is 0 Å². The van der Waals surface area contributed by atoms with E-state index in [1.807, 2.05) is 0 Å². The summed E-state index contributed by atoms with van der Waals surface area (Å²) in [5.41, 5.74) is -0.0962. The van der Waals surface area contributed by atoms with Crippen LogP contribution in [0.15, 0.2) is 18.2 Å². The molecular formula is C11H12F2N2O3. The number of benzene rings is 1. The number of halogens is 2. The Bertz CT molecular complexity index is 456. The normalized spacial score (nSPS) is 20.1. The van der Waals surface area contributed by atoms with Crippen molar-refractivity contribution in [1.29, 1.82) is 0 Å². The van der Waals surface area contributed by atoms with Crippen LogP contribution in [-0.4, -0.2) is 41.9 Å². The molecule has 1 atom stereocenters. The molecule has 0 spiro atoms. The SMILES string of the molecule is O=C(CN1CC(O)CO1)Nc1ccc(F)cc1F. The van der Waals surface area contributed by atoms with Crippen molar-refractivity contribution in [2.24, 2.45) is 0 Å². The standard InChI is InChI=1S/C11H12F2N2O3/c12-7-1-2-10(9(13)3-7)14-11(17)5-15-4-8(16)6-18-15/h1-3,8,16H,4-6H2,(H,14,17). The van der Waals surface area contributed by atoms with E-state index in [2.05, 4.69) is 5.32 Å². The Morgan fingerprint density at radius 2 is 2.33 bits per heavy atom. The number of aliphatic hydroxyl groups excluding tert-OH is 1. The molecule has 0 saturated carbocycles. The molecule has 98 valence electrons. The third-order valence-electron chi connectivity index (χ3n) is 2.39. The molecule has 1 fully saturated rings. The third kappa shape index (κ3) is 3.22. The Morgan fingerprint density at radius 1 is 1.56 bits per heavy atom. The average Bonchev–Trinajstić information content (AvgIpc) is 2.68. The molecule has 0 aromatic heterocycles. The number of aliphatic hydroxyl groups is 1. The van der Waals surface area contributed by atoms with Gasteiger partial charge in [-0.05, 0) is 12.1 Å². The van der Waals surface area contributed by atoms with Crippen molar-refractivity contribution in [3.05, 3.63) is 29.8 Å². The van der Waals surface area contributed by atoms with E-state index in [1.54, 1.807) is 0 Å². The maximum absolute atomic E-state index is 13.2. The van der Waals surface area contributed by atoms with Gasteiger partial charge in [0.2, 0.25) is 5.91 Å². The minimum Gasteiger partial charge on any atom is -0.389 e. The van der Waals surface area contributed by atoms with Gasteiger partial charge in [0.15, 0.2) is 0 Å². The molecule has 1 aliphatic heterocycles. The van der Waals surface area contributed by atoms with Gasteiger partial charge in [-0.2, -0.15) is 5.06 Å². The minimum absolute atomic E-state index is 0.0962. The molecule has 1 aliphatic rings. The summed E-state index contributed by atoms with van der Waals surface area (Å²) in [5, 5.41) is 12.8. The van der Waals surface area contributed by atoms with E-state index >= 15 is 0 Å². The molecule has 1 aromatic carbocycles. The largest absolute Gasteiger partial charge is 0.389 e. The number of nitrogens with zero attached hydrogens (tertiary/aromatic N) is 1. The van der Waals surface area contributed by atoms with Crippen LogP contribution in [0.4, 0.5) is 14.5 Å². The molecule has 1 unspecified atom stereocenters. The third-order valence-corrected chi connectivity index (χ3v) is 2.39. The molecule has 2 N–H and O–H groups in total. The predicted molar refractivity (Wildman–Crippen MR) is 58.5 cm³/mol. The molecule has 1 saturated heterocycles. The number of β-amino-alcohol motifs (C(OH)–C–C–N with tert-alkyl or cyclic N) is 1. The number of carbonyl (C=O) groups excluding carboxylic acids is 1. The van der Waals surface area contributed by atoms with Gasteiger partial charge in [-0.1, -0.05) is 0 Å². The fourth-order valence-electron chi connectivity index (χ4n) is 1.58. The summed E-state index contributed by atoms with van der Waals surface area (Å²) in [4.78, 5) is 16.5. The van der Waals surface area contributed by atoms with E-state index in [4.69, 9.17) is 4.84 Å². The zero-order valence-corrected chi connectivity index (χ0v) is 9.40. The van der Waals surface area contributed by atoms with E-state index in [0.29, 0.717) is 6.07 Å². The van der Waals surface area contributed by atoms with Gasteiger partial charge in [-0.15, -0.1) is 0 Å². The number of amides is 1. The number of hydroxylamine groups is 2. The number of rotatable bonds is 3. The first-order chi connectivity index (χ1) is 8.54. The van der Waals surface area contributed by atoms with Gasteiger partial charge in [-0.25, -0.2) is 8.78 Å². The molecule has 0 bridgehead atoms. The lowest BCUT2D eigenvalue weighted by molar-refractivity contribution is -0.138. The molecule has 18 heavy (non-hydrogen) atoms. The van der Waals surface area contributed by atoms with Crippen molar-refractivity contribution in [3.8, 4) is 0 Å². The van der Waals surface area contributed by atoms with Gasteiger partial charge in [0.25, 0.3) is 0 Å². The monoisotopic (exact) mass is 258 g/mol. The van der Waals surface area contributed by atoms with Crippen LogP contribution in [0.1, 0.15) is 0 Å². The fourth-order valence-corrected chi connectivity index (χ4v) is 1.58. The highest BCUT2D eigenvalue weighted by atomic mass is 19.1. The summed E-state index contributed by atoms with van der Waals surface area (Å²) < 4.78 is 25.9. The number of carbonyl (C=O) groups is 1. The van der Waals surface area contributed by atoms with Crippen LogP contribution in [0.3, 0.4) is 0 Å². The quantitative estimate of drug-likeness (QED) is 0.829. The summed E-state index contributed by atoms with van der Waals surface area (Å²) in [5.74, 6) is -2.06. The van der Waals surface area contributed by atoms with E-state index in [-0.39, 0.29) is 25.4 Å². The summed E-state index contributed by atoms with van der Waals surface area (Å²) >= 11 is 0. The van der Waals surface area contributed by atoms with Crippen LogP contribution in [0, 0.1) is 11.6 Å². The van der Waals surface area contributed by atoms with Crippen LogP contribution in [-0.2, 0) is 9.63 Å². The second kappa shape index (κ2) is 5.38. The van der Waals surface area contributed by atoms with Crippen molar-refractivity contribution in [1.82, 2.24) is 5.06 Å². The van der Waals surface area contributed by atoms with Crippen LogP contribution >= 0.6 is 0 Å². The average molecular weight is 258 g/mol. The van der Waals surface area contributed by atoms with Gasteiger partial charge in [0.1, 0.15) is 18.2 Å². The summed E-state index contributed by atoms with van der Waals surface area (Å²) in [6.45, 7) is 0.228. The maximum atomic E-state index is 13.2. The zero-order valence-electron chi connectivity index (χ0n) is 9.40. The predicted octanol–water partition coefficient (Wildman–Crippen LogP) is 0.511. The Kier molecular flexibility index (Phi) is 3.85. The highest BCUT2D eigenvalue weighted by molar-refractivity contribution is 5.92. The molecule has 0 radical (unpaired) electrons. The maximum Gasteiger partial charge on any atom is 0.241 e. The Morgan fingerprint density at radius 3 is 2.94 bits per heavy atom. The van der Waals surface area contributed by atoms with Crippen molar-refractivity contribution < 1.29 is 23.5 Å². The molecule has 0 aliphatic carbocycles. The summed E-state index contributed by atoms with van der Waals surface area (Å²) in [6, 6.07) is 2.88. The van der Waals surface area contributed by atoms with Gasteiger partial charge in [0.05, 0.1) is 24.9 Å². The molecule has 1 amide bonds. The van der Waals surface area contributed by atoms with Gasteiger partial charge in [-0.3, -0.25) is 9.63 Å². The molecule has 1 aromatic rings. The molecule has 5 nitrogen and oxygen atoms in total. The van der Waals surface area contributed by atoms with Gasteiger partial charge >= 0.3 is 0 Å². The molecular weight excluding hydrogens is 246 g/mol. The van der Waals surface area contributed by atoms with E-state index in [1.165, 1.54) is 5.06 Å². The Labute approximate surface area is 102 Å². The zero-order chi connectivity index (χ0) is 13.1. The lowest BCUT2D eigenvalue weighted by atomic mass is 10.3. The topological polar surface area (TPSA) is 61.8 Å². The van der Waals surface area contributed by atoms with E-state index < -0.39 is 23.6 Å². The van der Waals surface area contributed by atoms with Crippen LogP contribution in [0.2, 0.25) is 0 Å². The lowest BCUT2D eigenvalue weighted by Crippen LogP contribution is -2.31. The van der Waals surface area contributed by atoms with Crippen LogP contribution < -0.4 is 5.32 Å². The molecule has 1 heterocycles. The van der Waals surface area contributed by atoms with Gasteiger partial charge in [0, 0.05) is 6.07 Å². The first kappa shape index (κ1) is 12.9. The van der Waals surface area contributed by atoms with Crippen molar-refractivity contribution >= 4 is 11.6 Å². The second-order valence-electron chi connectivity index (χ2n) is 3.94. The lowest BCUT2D eigenvalue weighted by Gasteiger charge is -2.13. The van der Waals surface area contributed by atoms with Crippen molar-refractivity contribution in [3.63, 3.8) is 0 Å². The molecule has 7 heteroatoms. The highest BCUT2D eigenvalue weighted by Crippen LogP contribution is 2.15. The van der Waals surface area contributed by atoms with E-state index in [0.717, 1.165) is 12.1 Å². The van der Waals surface area contributed by atoms with E-state index in [9.17, 15) is 18.7 Å². The Hall–Kier alpha value is -1.57. The van der Waals surface area contributed by atoms with Gasteiger partial charge < -0.3 is 10.4 Å². The van der Waals surface area contributed by atoms with Crippen LogP contribution in [0.25, 0.3) is 0 Å². The van der Waals surface area contributed by atoms with Crippen molar-refractivity contribution in [2.45, 2.75) is 6.10 Å². The molecule has 2 rings (SSSR count). The Balaban J connectivity index is 1.91. The fraction of sp³-hybridized carbons (Fsp3) is 0.364. The second-order valence-corrected chi connectivity index (χ2v) is 3.94. The number of hydrogen-bond donors (Lipinski definition) is 2. The van der Waals surface area contributed by atoms with Crippen molar-refractivity contribution in [2.75, 3.05) is 25.0 Å². The summed E-state index contributed by atoms with van der Waals surface area (Å²) in [7, 11) is 0. The number of hydrogen-bond acceptors (Lipinski definition) is 4. The summed E-state index contributed by atoms with van der Waals surface area (Å²) in [6.07, 6.45) is -0.625. The number of anilines is 1. The smallest absolute Gasteiger partial charge is 0.241 e.